The Labute approximate surface area is 198 Å². The summed E-state index contributed by atoms with van der Waals surface area (Å²) in [6.07, 6.45) is 14.7. The van der Waals surface area contributed by atoms with Gasteiger partial charge in [-0.1, -0.05) is 50.1 Å². The molecule has 174 valence electrons. The number of methoxy groups -OCH3 is 1. The molecular formula is C29H36N2O2. The molecule has 1 amide bonds. The number of unbranched alkanes of at least 4 members (excludes halogenated alkanes) is 2. The van der Waals surface area contributed by atoms with Gasteiger partial charge in [0.05, 0.1) is 7.11 Å². The number of carbonyl (C=O) groups excluding carboxylic acids is 1. The predicted molar refractivity (Wildman–Crippen MR) is 138 cm³/mol. The van der Waals surface area contributed by atoms with Crippen molar-refractivity contribution in [2.24, 2.45) is 0 Å². The average molecular weight is 445 g/mol. The van der Waals surface area contributed by atoms with Gasteiger partial charge >= 0.3 is 0 Å². The molecule has 1 heterocycles. The second-order valence-electron chi connectivity index (χ2n) is 8.65. The molecule has 4 heteroatoms. The van der Waals surface area contributed by atoms with Gasteiger partial charge in [0.1, 0.15) is 5.75 Å². The minimum absolute atomic E-state index is 0.0597. The van der Waals surface area contributed by atoms with Gasteiger partial charge in [-0.25, -0.2) is 0 Å². The summed E-state index contributed by atoms with van der Waals surface area (Å²) in [4.78, 5) is 16.8. The highest BCUT2D eigenvalue weighted by Crippen LogP contribution is 2.33. The van der Waals surface area contributed by atoms with Gasteiger partial charge in [-0.2, -0.15) is 0 Å². The van der Waals surface area contributed by atoms with E-state index in [4.69, 9.17) is 4.74 Å². The van der Waals surface area contributed by atoms with Crippen LogP contribution in [0.1, 0.15) is 62.6 Å². The van der Waals surface area contributed by atoms with Crippen LogP contribution in [0.4, 0.5) is 0 Å². The van der Waals surface area contributed by atoms with E-state index in [-0.39, 0.29) is 11.9 Å². The van der Waals surface area contributed by atoms with Gasteiger partial charge in [0, 0.05) is 29.9 Å². The zero-order valence-corrected chi connectivity index (χ0v) is 20.1. The molecule has 0 spiro atoms. The zero-order valence-electron chi connectivity index (χ0n) is 20.1. The molecule has 0 radical (unpaired) electrons. The van der Waals surface area contributed by atoms with Crippen molar-refractivity contribution in [3.8, 4) is 5.75 Å². The van der Waals surface area contributed by atoms with Crippen LogP contribution in [0.5, 0.6) is 5.75 Å². The summed E-state index contributed by atoms with van der Waals surface area (Å²) in [6.45, 7) is 4.28. The van der Waals surface area contributed by atoms with E-state index in [1.807, 2.05) is 24.4 Å². The van der Waals surface area contributed by atoms with Crippen LogP contribution in [0.25, 0.3) is 16.8 Å². The van der Waals surface area contributed by atoms with E-state index < -0.39 is 0 Å². The maximum Gasteiger partial charge on any atom is 0.244 e. The van der Waals surface area contributed by atoms with Crippen LogP contribution in [-0.4, -0.2) is 24.0 Å². The third-order valence-corrected chi connectivity index (χ3v) is 6.03. The van der Waals surface area contributed by atoms with Crippen LogP contribution in [0.3, 0.4) is 0 Å². The lowest BCUT2D eigenvalue weighted by Crippen LogP contribution is -2.31. The minimum atomic E-state index is -0.0597. The Balaban J connectivity index is 1.68. The molecule has 1 N–H and O–H groups in total. The summed E-state index contributed by atoms with van der Waals surface area (Å²) in [5.41, 5.74) is 3.58. The molecule has 0 bridgehead atoms. The molecule has 0 unspecified atom stereocenters. The quantitative estimate of drug-likeness (QED) is 0.256. The SMILES string of the molecule is CCCCCc1c(/C=C/C(=O)N[C@H](C)CCCc2cccnc2)cc(OC)c2ccccc12. The summed E-state index contributed by atoms with van der Waals surface area (Å²) >= 11 is 0. The van der Waals surface area contributed by atoms with Crippen molar-refractivity contribution in [2.45, 2.75) is 64.8 Å². The number of benzene rings is 2. The second-order valence-corrected chi connectivity index (χ2v) is 8.65. The van der Waals surface area contributed by atoms with Crippen LogP contribution in [0.15, 0.2) is 60.9 Å². The maximum absolute atomic E-state index is 12.6. The minimum Gasteiger partial charge on any atom is -0.496 e. The number of aryl methyl sites for hydroxylation is 2. The lowest BCUT2D eigenvalue weighted by Gasteiger charge is -2.15. The highest BCUT2D eigenvalue weighted by molar-refractivity contribution is 5.96. The van der Waals surface area contributed by atoms with Gasteiger partial charge in [0.25, 0.3) is 0 Å². The molecule has 0 aliphatic rings. The molecule has 0 saturated carbocycles. The molecular weight excluding hydrogens is 408 g/mol. The zero-order chi connectivity index (χ0) is 23.5. The van der Waals surface area contributed by atoms with E-state index in [1.54, 1.807) is 19.4 Å². The van der Waals surface area contributed by atoms with E-state index >= 15 is 0 Å². The van der Waals surface area contributed by atoms with E-state index in [2.05, 4.69) is 54.5 Å². The Morgan fingerprint density at radius 2 is 1.91 bits per heavy atom. The van der Waals surface area contributed by atoms with Gasteiger partial charge in [0.2, 0.25) is 5.91 Å². The van der Waals surface area contributed by atoms with Crippen molar-refractivity contribution in [2.75, 3.05) is 7.11 Å². The number of carbonyl (C=O) groups is 1. The van der Waals surface area contributed by atoms with Crippen LogP contribution >= 0.6 is 0 Å². The van der Waals surface area contributed by atoms with Crippen molar-refractivity contribution in [1.82, 2.24) is 10.3 Å². The maximum atomic E-state index is 12.6. The number of pyridine rings is 1. The van der Waals surface area contributed by atoms with E-state index in [9.17, 15) is 4.79 Å². The number of nitrogens with zero attached hydrogens (tertiary/aromatic N) is 1. The van der Waals surface area contributed by atoms with Gasteiger partial charge in [-0.3, -0.25) is 9.78 Å². The van der Waals surface area contributed by atoms with E-state index in [1.165, 1.54) is 29.4 Å². The van der Waals surface area contributed by atoms with Gasteiger partial charge < -0.3 is 10.1 Å². The Morgan fingerprint density at radius 3 is 2.64 bits per heavy atom. The lowest BCUT2D eigenvalue weighted by molar-refractivity contribution is -0.117. The molecule has 1 atom stereocenters. The molecule has 3 rings (SSSR count). The van der Waals surface area contributed by atoms with E-state index in [0.717, 1.165) is 48.8 Å². The molecule has 33 heavy (non-hydrogen) atoms. The number of hydrogen-bond donors (Lipinski definition) is 1. The Morgan fingerprint density at radius 1 is 1.09 bits per heavy atom. The van der Waals surface area contributed by atoms with E-state index in [0.29, 0.717) is 0 Å². The molecule has 0 saturated heterocycles. The average Bonchev–Trinajstić information content (AvgIpc) is 2.84. The fourth-order valence-corrected chi connectivity index (χ4v) is 4.26. The van der Waals surface area contributed by atoms with Crippen molar-refractivity contribution in [3.05, 3.63) is 77.6 Å². The first-order valence-corrected chi connectivity index (χ1v) is 12.1. The van der Waals surface area contributed by atoms with Crippen molar-refractivity contribution < 1.29 is 9.53 Å². The standard InChI is InChI=1S/C29H36N2O2/c1-4-5-6-14-25-24(20-28(33-3)27-16-8-7-15-26(25)27)17-18-29(32)31-22(2)11-9-12-23-13-10-19-30-21-23/h7-8,10,13,15-22H,4-6,9,11-12,14H2,1-3H3,(H,31,32)/b18-17+/t22-/m1/s1. The fourth-order valence-electron chi connectivity index (χ4n) is 4.26. The number of aromatic nitrogens is 1. The summed E-state index contributed by atoms with van der Waals surface area (Å²) in [5, 5.41) is 5.43. The number of nitrogens with one attached hydrogen (secondary N) is 1. The van der Waals surface area contributed by atoms with Crippen molar-refractivity contribution in [3.63, 3.8) is 0 Å². The van der Waals surface area contributed by atoms with Crippen LogP contribution in [-0.2, 0) is 17.6 Å². The molecule has 0 aliphatic heterocycles. The molecule has 4 nitrogen and oxygen atoms in total. The second kappa shape index (κ2) is 12.8. The number of rotatable bonds is 12. The molecule has 0 aliphatic carbocycles. The van der Waals surface area contributed by atoms with Gasteiger partial charge in [-0.15, -0.1) is 0 Å². The third-order valence-electron chi connectivity index (χ3n) is 6.03. The monoisotopic (exact) mass is 444 g/mol. The summed E-state index contributed by atoms with van der Waals surface area (Å²) in [5.74, 6) is 0.782. The largest absolute Gasteiger partial charge is 0.496 e. The summed E-state index contributed by atoms with van der Waals surface area (Å²) in [7, 11) is 1.70. The first-order valence-electron chi connectivity index (χ1n) is 12.1. The fraction of sp³-hybridized carbons (Fsp3) is 0.379. The Kier molecular flexibility index (Phi) is 9.49. The van der Waals surface area contributed by atoms with Crippen LogP contribution < -0.4 is 10.1 Å². The van der Waals surface area contributed by atoms with Crippen molar-refractivity contribution >= 4 is 22.8 Å². The first-order chi connectivity index (χ1) is 16.1. The molecule has 2 aromatic carbocycles. The smallest absolute Gasteiger partial charge is 0.244 e. The molecule has 1 aromatic heterocycles. The number of ether oxygens (including phenoxy) is 1. The topological polar surface area (TPSA) is 51.2 Å². The van der Waals surface area contributed by atoms with Gasteiger partial charge in [-0.05, 0) is 79.3 Å². The number of amides is 1. The Hall–Kier alpha value is -3.14. The summed E-state index contributed by atoms with van der Waals surface area (Å²) < 4.78 is 5.66. The van der Waals surface area contributed by atoms with Gasteiger partial charge in [0.15, 0.2) is 0 Å². The summed E-state index contributed by atoms with van der Waals surface area (Å²) in [6, 6.07) is 14.6. The predicted octanol–water partition coefficient (Wildman–Crippen LogP) is 6.52. The number of fused-ring (bicyclic) bond motifs is 1. The highest BCUT2D eigenvalue weighted by atomic mass is 16.5. The molecule has 0 fully saturated rings. The van der Waals surface area contributed by atoms with Crippen molar-refractivity contribution in [1.29, 1.82) is 0 Å². The number of hydrogen-bond acceptors (Lipinski definition) is 3. The molecule has 3 aromatic rings. The lowest BCUT2D eigenvalue weighted by atomic mass is 9.93. The highest BCUT2D eigenvalue weighted by Gasteiger charge is 2.12. The Bertz CT molecular complexity index is 1060. The van der Waals surface area contributed by atoms with Crippen LogP contribution in [0.2, 0.25) is 0 Å². The first kappa shape index (κ1) is 24.5. The third kappa shape index (κ3) is 7.18. The van der Waals surface area contributed by atoms with Crippen LogP contribution in [0, 0.1) is 0 Å². The normalized spacial score (nSPS) is 12.2.